The van der Waals surface area contributed by atoms with Gasteiger partial charge in [-0.2, -0.15) is 0 Å². The maximum atomic E-state index is 12.0. The largest absolute Gasteiger partial charge is 0.392 e. The molecule has 0 saturated carbocycles. The first kappa shape index (κ1) is 16.9. The lowest BCUT2D eigenvalue weighted by Gasteiger charge is -2.09. The third-order valence-electron chi connectivity index (χ3n) is 3.72. The van der Waals surface area contributed by atoms with E-state index in [1.165, 1.54) is 0 Å². The average Bonchev–Trinajstić information content (AvgIpc) is 2.58. The van der Waals surface area contributed by atoms with Crippen LogP contribution in [0.25, 0.3) is 0 Å². The Morgan fingerprint density at radius 3 is 2.26 bits per heavy atom. The van der Waals surface area contributed by atoms with Gasteiger partial charge in [0.25, 0.3) is 0 Å². The van der Waals surface area contributed by atoms with Crippen molar-refractivity contribution >= 4 is 11.7 Å². The Balaban J connectivity index is 1.81. The molecule has 2 N–H and O–H groups in total. The Bertz CT molecular complexity index is 677. The predicted molar refractivity (Wildman–Crippen MR) is 89.0 cm³/mol. The zero-order valence-corrected chi connectivity index (χ0v) is 13.2. The van der Waals surface area contributed by atoms with E-state index in [-0.39, 0.29) is 31.1 Å². The van der Waals surface area contributed by atoms with Crippen LogP contribution in [0.5, 0.6) is 0 Å². The minimum Gasteiger partial charge on any atom is -0.392 e. The quantitative estimate of drug-likeness (QED) is 0.773. The lowest BCUT2D eigenvalue weighted by molar-refractivity contribution is -0.121. The lowest BCUT2D eigenvalue weighted by atomic mass is 10.0. The van der Waals surface area contributed by atoms with Crippen molar-refractivity contribution in [1.29, 1.82) is 0 Å². The summed E-state index contributed by atoms with van der Waals surface area (Å²) in [5.74, 6) is -0.200. The third kappa shape index (κ3) is 5.04. The van der Waals surface area contributed by atoms with Gasteiger partial charge in [0.15, 0.2) is 5.78 Å². The van der Waals surface area contributed by atoms with Crippen LogP contribution in [0.3, 0.4) is 0 Å². The molecule has 0 aliphatic rings. The van der Waals surface area contributed by atoms with Gasteiger partial charge in [-0.3, -0.25) is 9.59 Å². The molecule has 0 aliphatic heterocycles. The molecule has 2 rings (SSSR count). The van der Waals surface area contributed by atoms with E-state index in [9.17, 15) is 14.7 Å². The number of ketones is 1. The fourth-order valence-electron chi connectivity index (χ4n) is 2.28. The molecule has 2 aromatic rings. The molecular formula is C19H21NO3. The van der Waals surface area contributed by atoms with Gasteiger partial charge < -0.3 is 10.4 Å². The lowest BCUT2D eigenvalue weighted by Crippen LogP contribution is -2.23. The number of rotatable bonds is 7. The number of hydrogen-bond donors (Lipinski definition) is 2. The highest BCUT2D eigenvalue weighted by molar-refractivity contribution is 5.97. The fraction of sp³-hybridized carbons (Fsp3) is 0.263. The molecule has 0 atom stereocenters. The van der Waals surface area contributed by atoms with Crippen molar-refractivity contribution in [2.24, 2.45) is 0 Å². The number of hydrogen-bond acceptors (Lipinski definition) is 3. The minimum absolute atomic E-state index is 0.0316. The summed E-state index contributed by atoms with van der Waals surface area (Å²) in [6, 6.07) is 14.7. The van der Waals surface area contributed by atoms with E-state index in [0.717, 1.165) is 16.7 Å². The Hall–Kier alpha value is -2.46. The first-order chi connectivity index (χ1) is 11.1. The summed E-state index contributed by atoms with van der Waals surface area (Å²) < 4.78 is 0. The third-order valence-corrected chi connectivity index (χ3v) is 3.72. The van der Waals surface area contributed by atoms with E-state index >= 15 is 0 Å². The number of benzene rings is 2. The van der Waals surface area contributed by atoms with Crippen LogP contribution >= 0.6 is 0 Å². The molecule has 0 bridgehead atoms. The maximum Gasteiger partial charge on any atom is 0.220 e. The van der Waals surface area contributed by atoms with Crippen LogP contribution in [-0.4, -0.2) is 16.8 Å². The highest BCUT2D eigenvalue weighted by atomic mass is 16.3. The first-order valence-corrected chi connectivity index (χ1v) is 7.64. The van der Waals surface area contributed by atoms with Crippen molar-refractivity contribution in [3.05, 3.63) is 70.8 Å². The van der Waals surface area contributed by atoms with Gasteiger partial charge in [-0.1, -0.05) is 54.1 Å². The highest BCUT2D eigenvalue weighted by Crippen LogP contribution is 2.09. The molecule has 0 aromatic heterocycles. The van der Waals surface area contributed by atoms with E-state index < -0.39 is 0 Å². The van der Waals surface area contributed by atoms with Crippen LogP contribution < -0.4 is 5.32 Å². The van der Waals surface area contributed by atoms with Crippen LogP contribution in [0.1, 0.15) is 39.9 Å². The smallest absolute Gasteiger partial charge is 0.220 e. The molecule has 0 fully saturated rings. The summed E-state index contributed by atoms with van der Waals surface area (Å²) in [7, 11) is 0. The number of aryl methyl sites for hydroxylation is 1. The van der Waals surface area contributed by atoms with Crippen LogP contribution in [-0.2, 0) is 17.9 Å². The molecule has 0 radical (unpaired) electrons. The van der Waals surface area contributed by atoms with Gasteiger partial charge in [0.2, 0.25) is 5.91 Å². The van der Waals surface area contributed by atoms with Crippen molar-refractivity contribution in [3.63, 3.8) is 0 Å². The molecule has 23 heavy (non-hydrogen) atoms. The van der Waals surface area contributed by atoms with Gasteiger partial charge >= 0.3 is 0 Å². The van der Waals surface area contributed by atoms with E-state index in [4.69, 9.17) is 0 Å². The second-order valence-corrected chi connectivity index (χ2v) is 5.49. The summed E-state index contributed by atoms with van der Waals surface area (Å²) in [5, 5.41) is 12.0. The number of aliphatic hydroxyl groups is 1. The molecule has 0 unspecified atom stereocenters. The summed E-state index contributed by atoms with van der Waals surface area (Å²) in [6.07, 6.45) is 0.352. The Labute approximate surface area is 136 Å². The van der Waals surface area contributed by atoms with Crippen molar-refractivity contribution in [2.45, 2.75) is 32.9 Å². The van der Waals surface area contributed by atoms with Crippen molar-refractivity contribution < 1.29 is 14.7 Å². The van der Waals surface area contributed by atoms with Crippen molar-refractivity contribution in [3.8, 4) is 0 Å². The summed E-state index contributed by atoms with van der Waals surface area (Å²) in [5.41, 5.74) is 3.41. The van der Waals surface area contributed by atoms with Crippen LogP contribution in [0.15, 0.2) is 48.5 Å². The van der Waals surface area contributed by atoms with E-state index in [1.54, 1.807) is 12.1 Å². The zero-order valence-electron chi connectivity index (χ0n) is 13.2. The molecule has 0 spiro atoms. The van der Waals surface area contributed by atoms with Gasteiger partial charge in [-0.25, -0.2) is 0 Å². The highest BCUT2D eigenvalue weighted by Gasteiger charge is 2.09. The maximum absolute atomic E-state index is 12.0. The van der Waals surface area contributed by atoms with Crippen LogP contribution in [0, 0.1) is 6.92 Å². The predicted octanol–water partition coefficient (Wildman–Crippen LogP) is 2.77. The zero-order chi connectivity index (χ0) is 16.7. The van der Waals surface area contributed by atoms with Crippen LogP contribution in [0.2, 0.25) is 0 Å². The van der Waals surface area contributed by atoms with Gasteiger partial charge in [0.05, 0.1) is 6.61 Å². The molecule has 4 nitrogen and oxygen atoms in total. The molecule has 0 saturated heterocycles. The summed E-state index contributed by atoms with van der Waals surface area (Å²) >= 11 is 0. The number of carbonyl (C=O) groups excluding carboxylic acids is 2. The van der Waals surface area contributed by atoms with Gasteiger partial charge in [-0.05, 0) is 18.1 Å². The van der Waals surface area contributed by atoms with E-state index in [0.29, 0.717) is 12.1 Å². The second-order valence-electron chi connectivity index (χ2n) is 5.49. The number of nitrogens with one attached hydrogen (secondary N) is 1. The van der Waals surface area contributed by atoms with Crippen LogP contribution in [0.4, 0.5) is 0 Å². The number of carbonyl (C=O) groups is 2. The van der Waals surface area contributed by atoms with Crippen molar-refractivity contribution in [2.75, 3.05) is 0 Å². The SMILES string of the molecule is Cc1ccc(C(=O)CCC(=O)NCc2ccccc2CO)cc1. The monoisotopic (exact) mass is 311 g/mol. The molecule has 0 aliphatic carbocycles. The molecule has 1 amide bonds. The Morgan fingerprint density at radius 1 is 0.957 bits per heavy atom. The Kier molecular flexibility index (Phi) is 6.06. The number of amides is 1. The van der Waals surface area contributed by atoms with E-state index in [1.807, 2.05) is 43.3 Å². The molecule has 2 aromatic carbocycles. The average molecular weight is 311 g/mol. The summed E-state index contributed by atoms with van der Waals surface area (Å²) in [4.78, 5) is 23.9. The molecule has 4 heteroatoms. The normalized spacial score (nSPS) is 10.3. The summed E-state index contributed by atoms with van der Waals surface area (Å²) in [6.45, 7) is 2.26. The van der Waals surface area contributed by atoms with Gasteiger partial charge in [0.1, 0.15) is 0 Å². The van der Waals surface area contributed by atoms with E-state index in [2.05, 4.69) is 5.32 Å². The first-order valence-electron chi connectivity index (χ1n) is 7.64. The topological polar surface area (TPSA) is 66.4 Å². The second kappa shape index (κ2) is 8.25. The molecular weight excluding hydrogens is 290 g/mol. The van der Waals surface area contributed by atoms with Gasteiger partial charge in [-0.15, -0.1) is 0 Å². The number of aliphatic hydroxyl groups excluding tert-OH is 1. The van der Waals surface area contributed by atoms with Gasteiger partial charge in [0, 0.05) is 24.9 Å². The number of Topliss-reactive ketones (excluding diaryl/α,β-unsaturated/α-hetero) is 1. The van der Waals surface area contributed by atoms with Crippen molar-refractivity contribution in [1.82, 2.24) is 5.32 Å². The molecule has 120 valence electrons. The standard InChI is InChI=1S/C19H21NO3/c1-14-6-8-15(9-7-14)18(22)10-11-19(23)20-12-16-4-2-3-5-17(16)13-21/h2-9,21H,10-13H2,1H3,(H,20,23). The fourth-order valence-corrected chi connectivity index (χ4v) is 2.28. The molecule has 0 heterocycles. The minimum atomic E-state index is -0.168. The Morgan fingerprint density at radius 2 is 1.61 bits per heavy atom.